The predicted octanol–water partition coefficient (Wildman–Crippen LogP) is 0.916. The molecule has 2 unspecified atom stereocenters. The van der Waals surface area contributed by atoms with Crippen molar-refractivity contribution >= 4 is 11.8 Å². The minimum absolute atomic E-state index is 0.0144. The van der Waals surface area contributed by atoms with Crippen LogP contribution in [0.3, 0.4) is 0 Å². The highest BCUT2D eigenvalue weighted by atomic mass is 16.5. The van der Waals surface area contributed by atoms with Gasteiger partial charge in [-0.15, -0.1) is 0 Å². The monoisotopic (exact) mass is 202 g/mol. The number of esters is 1. The van der Waals surface area contributed by atoms with Crippen LogP contribution < -0.4 is 0 Å². The van der Waals surface area contributed by atoms with Crippen LogP contribution in [0.4, 0.5) is 0 Å². The summed E-state index contributed by atoms with van der Waals surface area (Å²) >= 11 is 0. The molecular formula is C10H18O4. The Kier molecular flexibility index (Phi) is 4.77. The Morgan fingerprint density at radius 3 is 2.29 bits per heavy atom. The van der Waals surface area contributed by atoms with Gasteiger partial charge in [-0.3, -0.25) is 9.59 Å². The molecule has 0 saturated carbocycles. The van der Waals surface area contributed by atoms with Crippen molar-refractivity contribution in [3.05, 3.63) is 0 Å². The smallest absolute Gasteiger partial charge is 0.319 e. The lowest BCUT2D eigenvalue weighted by atomic mass is 9.81. The normalized spacial score (nSPS) is 16.9. The molecule has 4 nitrogen and oxygen atoms in total. The van der Waals surface area contributed by atoms with Crippen LogP contribution in [0, 0.1) is 5.41 Å². The third-order valence-corrected chi connectivity index (χ3v) is 2.44. The number of ether oxygens (including phenoxy) is 1. The van der Waals surface area contributed by atoms with Gasteiger partial charge in [-0.05, 0) is 20.3 Å². The molecule has 0 aliphatic heterocycles. The van der Waals surface area contributed by atoms with Crippen molar-refractivity contribution in [1.29, 1.82) is 0 Å². The van der Waals surface area contributed by atoms with E-state index < -0.39 is 17.5 Å². The van der Waals surface area contributed by atoms with Gasteiger partial charge in [0.15, 0.2) is 5.78 Å². The molecule has 0 amide bonds. The Morgan fingerprint density at radius 2 is 2.00 bits per heavy atom. The fourth-order valence-corrected chi connectivity index (χ4v) is 1.17. The fourth-order valence-electron chi connectivity index (χ4n) is 1.17. The number of carbonyl (C=O) groups is 2. The number of aliphatic hydroxyl groups is 1. The van der Waals surface area contributed by atoms with Crippen LogP contribution in [0.25, 0.3) is 0 Å². The minimum Gasteiger partial charge on any atom is -0.468 e. The first-order chi connectivity index (χ1) is 6.38. The van der Waals surface area contributed by atoms with Gasteiger partial charge in [-0.25, -0.2) is 0 Å². The molecule has 14 heavy (non-hydrogen) atoms. The molecule has 0 saturated heterocycles. The van der Waals surface area contributed by atoms with Gasteiger partial charge in [0.25, 0.3) is 0 Å². The van der Waals surface area contributed by atoms with Gasteiger partial charge in [0, 0.05) is 6.42 Å². The zero-order valence-corrected chi connectivity index (χ0v) is 9.16. The van der Waals surface area contributed by atoms with Gasteiger partial charge in [0.2, 0.25) is 0 Å². The zero-order chi connectivity index (χ0) is 11.4. The molecule has 2 atom stereocenters. The Bertz CT molecular complexity index is 222. The lowest BCUT2D eigenvalue weighted by molar-refractivity contribution is -0.157. The summed E-state index contributed by atoms with van der Waals surface area (Å²) in [6.45, 7) is 4.81. The maximum Gasteiger partial charge on any atom is 0.319 e. The van der Waals surface area contributed by atoms with E-state index in [9.17, 15) is 9.59 Å². The zero-order valence-electron chi connectivity index (χ0n) is 9.16. The molecule has 0 rings (SSSR count). The fraction of sp³-hybridized carbons (Fsp3) is 0.800. The van der Waals surface area contributed by atoms with Gasteiger partial charge in [0.05, 0.1) is 13.2 Å². The van der Waals surface area contributed by atoms with Gasteiger partial charge >= 0.3 is 5.97 Å². The highest BCUT2D eigenvalue weighted by Gasteiger charge is 2.40. The first-order valence-corrected chi connectivity index (χ1v) is 4.68. The quantitative estimate of drug-likeness (QED) is 0.531. The van der Waals surface area contributed by atoms with Crippen molar-refractivity contribution in [2.75, 3.05) is 7.11 Å². The summed E-state index contributed by atoms with van der Waals surface area (Å²) in [5, 5.41) is 9.06. The van der Waals surface area contributed by atoms with Crippen LogP contribution in [-0.4, -0.2) is 30.1 Å². The highest BCUT2D eigenvalue weighted by molar-refractivity contribution is 6.03. The molecule has 0 aromatic rings. The largest absolute Gasteiger partial charge is 0.468 e. The minimum atomic E-state index is -1.12. The maximum absolute atomic E-state index is 11.6. The summed E-state index contributed by atoms with van der Waals surface area (Å²) < 4.78 is 4.57. The van der Waals surface area contributed by atoms with E-state index in [1.165, 1.54) is 14.0 Å². The number of hydrogen-bond acceptors (Lipinski definition) is 4. The standard InChI is InChI=1S/C10H18O4/c1-5-10(3,9(13)14-4)8(12)6-7(2)11/h7,11H,5-6H2,1-4H3. The van der Waals surface area contributed by atoms with Gasteiger partial charge in [-0.1, -0.05) is 6.92 Å². The van der Waals surface area contributed by atoms with Gasteiger partial charge in [0.1, 0.15) is 5.41 Å². The van der Waals surface area contributed by atoms with E-state index in [2.05, 4.69) is 4.74 Å². The predicted molar refractivity (Wildman–Crippen MR) is 51.7 cm³/mol. The number of Topliss-reactive ketones (excluding diaryl/α,β-unsaturated/α-hetero) is 1. The van der Waals surface area contributed by atoms with Crippen LogP contribution in [-0.2, 0) is 14.3 Å². The molecule has 0 aliphatic rings. The van der Waals surface area contributed by atoms with Crippen molar-refractivity contribution in [3.63, 3.8) is 0 Å². The van der Waals surface area contributed by atoms with Crippen LogP contribution >= 0.6 is 0 Å². The Labute approximate surface area is 84.3 Å². The molecule has 82 valence electrons. The van der Waals surface area contributed by atoms with Crippen LogP contribution in [0.5, 0.6) is 0 Å². The third-order valence-electron chi connectivity index (χ3n) is 2.44. The van der Waals surface area contributed by atoms with E-state index >= 15 is 0 Å². The van der Waals surface area contributed by atoms with E-state index in [0.29, 0.717) is 6.42 Å². The van der Waals surface area contributed by atoms with Crippen LogP contribution in [0.15, 0.2) is 0 Å². The summed E-state index contributed by atoms with van der Waals surface area (Å²) in [6.07, 6.45) is -0.358. The molecular weight excluding hydrogens is 184 g/mol. The first-order valence-electron chi connectivity index (χ1n) is 4.68. The van der Waals surface area contributed by atoms with E-state index in [4.69, 9.17) is 5.11 Å². The molecule has 1 N–H and O–H groups in total. The molecule has 0 bridgehead atoms. The van der Waals surface area contributed by atoms with Gasteiger partial charge in [-0.2, -0.15) is 0 Å². The van der Waals surface area contributed by atoms with Crippen molar-refractivity contribution in [2.24, 2.45) is 5.41 Å². The second-order valence-corrected chi connectivity index (χ2v) is 3.65. The molecule has 0 aromatic heterocycles. The summed E-state index contributed by atoms with van der Waals surface area (Å²) in [4.78, 5) is 23.0. The molecule has 0 radical (unpaired) electrons. The number of carbonyl (C=O) groups excluding carboxylic acids is 2. The Balaban J connectivity index is 4.68. The SMILES string of the molecule is CCC(C)(C(=O)CC(C)O)C(=O)OC. The lowest BCUT2D eigenvalue weighted by Gasteiger charge is -2.23. The van der Waals surface area contributed by atoms with Crippen LogP contribution in [0.2, 0.25) is 0 Å². The maximum atomic E-state index is 11.6. The summed E-state index contributed by atoms with van der Waals surface area (Å²) in [5.41, 5.74) is -1.12. The number of ketones is 1. The number of methoxy groups -OCH3 is 1. The average molecular weight is 202 g/mol. The number of aliphatic hydroxyl groups excluding tert-OH is 1. The second-order valence-electron chi connectivity index (χ2n) is 3.65. The van der Waals surface area contributed by atoms with Crippen molar-refractivity contribution in [2.45, 2.75) is 39.7 Å². The van der Waals surface area contributed by atoms with Crippen molar-refractivity contribution in [3.8, 4) is 0 Å². The summed E-state index contributed by atoms with van der Waals surface area (Å²) in [6, 6.07) is 0. The average Bonchev–Trinajstić information content (AvgIpc) is 2.14. The number of hydrogen-bond donors (Lipinski definition) is 1. The van der Waals surface area contributed by atoms with E-state index in [0.717, 1.165) is 0 Å². The van der Waals surface area contributed by atoms with E-state index in [1.54, 1.807) is 13.8 Å². The third kappa shape index (κ3) is 2.80. The van der Waals surface area contributed by atoms with Crippen molar-refractivity contribution < 1.29 is 19.4 Å². The lowest BCUT2D eigenvalue weighted by Crippen LogP contribution is -2.38. The molecule has 0 heterocycles. The highest BCUT2D eigenvalue weighted by Crippen LogP contribution is 2.26. The van der Waals surface area contributed by atoms with Crippen LogP contribution in [0.1, 0.15) is 33.6 Å². The molecule has 0 aliphatic carbocycles. The molecule has 0 spiro atoms. The second kappa shape index (κ2) is 5.10. The molecule has 4 heteroatoms. The van der Waals surface area contributed by atoms with Crippen molar-refractivity contribution in [1.82, 2.24) is 0 Å². The summed E-state index contributed by atoms with van der Waals surface area (Å²) in [5.74, 6) is -0.812. The number of rotatable bonds is 5. The summed E-state index contributed by atoms with van der Waals surface area (Å²) in [7, 11) is 1.26. The first kappa shape index (κ1) is 13.1. The Hall–Kier alpha value is -0.900. The van der Waals surface area contributed by atoms with E-state index in [1.807, 2.05) is 0 Å². The van der Waals surface area contributed by atoms with Gasteiger partial charge < -0.3 is 9.84 Å². The topological polar surface area (TPSA) is 63.6 Å². The van der Waals surface area contributed by atoms with E-state index in [-0.39, 0.29) is 12.2 Å². The Morgan fingerprint density at radius 1 is 1.50 bits per heavy atom. The molecule has 0 fully saturated rings. The molecule has 0 aromatic carbocycles.